The smallest absolute Gasteiger partial charge is 0.254 e. The summed E-state index contributed by atoms with van der Waals surface area (Å²) in [7, 11) is -3.66. The topological polar surface area (TPSA) is 99.3 Å². The van der Waals surface area contributed by atoms with Crippen molar-refractivity contribution < 1.29 is 27.1 Å². The Hall–Kier alpha value is -2.08. The normalized spacial score (nSPS) is 27.3. The second kappa shape index (κ2) is 9.28. The van der Waals surface area contributed by atoms with Crippen LogP contribution in [0.1, 0.15) is 19.4 Å². The van der Waals surface area contributed by atoms with Gasteiger partial charge in [-0.25, -0.2) is 12.8 Å². The molecule has 0 saturated carbocycles. The first kappa shape index (κ1) is 24.1. The highest BCUT2D eigenvalue weighted by atomic mass is 32.2. The van der Waals surface area contributed by atoms with Crippen molar-refractivity contribution >= 4 is 21.8 Å². The molecule has 0 bridgehead atoms. The zero-order chi connectivity index (χ0) is 23.8. The van der Waals surface area contributed by atoms with Crippen LogP contribution < -0.4 is 5.32 Å². The number of ether oxygens (including phenoxy) is 1. The minimum atomic E-state index is -3.66. The molecule has 0 aromatic heterocycles. The van der Waals surface area contributed by atoms with Crippen molar-refractivity contribution in [2.75, 3.05) is 52.4 Å². The van der Waals surface area contributed by atoms with Crippen LogP contribution in [0.4, 0.5) is 4.39 Å². The van der Waals surface area contributed by atoms with E-state index in [1.807, 2.05) is 0 Å². The molecule has 1 aromatic rings. The van der Waals surface area contributed by atoms with Gasteiger partial charge in [-0.2, -0.15) is 4.31 Å². The Bertz CT molecular complexity index is 1010. The number of sulfonamides is 1. The zero-order valence-electron chi connectivity index (χ0n) is 19.0. The van der Waals surface area contributed by atoms with Crippen molar-refractivity contribution in [3.05, 3.63) is 35.6 Å². The summed E-state index contributed by atoms with van der Waals surface area (Å²) < 4.78 is 46.7. The highest BCUT2D eigenvalue weighted by molar-refractivity contribution is 7.89. The summed E-state index contributed by atoms with van der Waals surface area (Å²) in [6.45, 7) is 5.86. The van der Waals surface area contributed by atoms with E-state index in [0.717, 1.165) is 0 Å². The summed E-state index contributed by atoms with van der Waals surface area (Å²) in [6, 6.07) is 6.63. The van der Waals surface area contributed by atoms with E-state index >= 15 is 0 Å². The maximum atomic E-state index is 14.0. The number of nitrogens with zero attached hydrogens (tertiary/aromatic N) is 3. The molecule has 3 aliphatic rings. The number of hydrogen-bond donors (Lipinski definition) is 1. The molecular weight excluding hydrogens is 451 g/mol. The van der Waals surface area contributed by atoms with E-state index in [-0.39, 0.29) is 31.4 Å². The van der Waals surface area contributed by atoms with Crippen molar-refractivity contribution in [2.45, 2.75) is 31.2 Å². The van der Waals surface area contributed by atoms with E-state index in [1.54, 1.807) is 36.9 Å². The largest absolute Gasteiger partial charge is 0.361 e. The Balaban J connectivity index is 1.48. The van der Waals surface area contributed by atoms with E-state index in [4.69, 9.17) is 4.74 Å². The average Bonchev–Trinajstić information content (AvgIpc) is 3.18. The summed E-state index contributed by atoms with van der Waals surface area (Å²) in [5, 5.41) is 2.07. The van der Waals surface area contributed by atoms with Crippen LogP contribution in [0.5, 0.6) is 0 Å². The third kappa shape index (κ3) is 4.51. The van der Waals surface area contributed by atoms with Gasteiger partial charge in [-0.3, -0.25) is 14.5 Å². The predicted molar refractivity (Wildman–Crippen MR) is 119 cm³/mol. The first-order valence-electron chi connectivity index (χ1n) is 11.3. The molecular formula is C22H31FN4O5S. The van der Waals surface area contributed by atoms with Gasteiger partial charge >= 0.3 is 0 Å². The molecule has 1 aromatic carbocycles. The molecule has 2 amide bonds. The molecule has 1 spiro atoms. The van der Waals surface area contributed by atoms with E-state index < -0.39 is 32.7 Å². The van der Waals surface area contributed by atoms with Crippen LogP contribution in [0.3, 0.4) is 0 Å². The highest BCUT2D eigenvalue weighted by Crippen LogP contribution is 2.37. The third-order valence-electron chi connectivity index (χ3n) is 6.78. The number of nitrogens with one attached hydrogen (secondary N) is 1. The first-order chi connectivity index (χ1) is 15.6. The van der Waals surface area contributed by atoms with E-state index in [1.165, 1.54) is 10.4 Å². The zero-order valence-corrected chi connectivity index (χ0v) is 19.8. The maximum Gasteiger partial charge on any atom is 0.254 e. The first-order valence-corrected chi connectivity index (χ1v) is 12.8. The van der Waals surface area contributed by atoms with E-state index in [9.17, 15) is 22.4 Å². The molecule has 0 aliphatic carbocycles. The summed E-state index contributed by atoms with van der Waals surface area (Å²) in [6.07, 6.45) is 0. The van der Waals surface area contributed by atoms with Crippen molar-refractivity contribution in [1.29, 1.82) is 0 Å². The summed E-state index contributed by atoms with van der Waals surface area (Å²) >= 11 is 0. The van der Waals surface area contributed by atoms with Crippen LogP contribution in [0.25, 0.3) is 0 Å². The standard InChI is InChI=1S/C22H31FN4O5S/c1-16(2)33(30,31)27-14-18(22(15-27)21(29)24-7-12-32-22)20(28)26-10-8-25(9-11-26)13-17-5-3-4-6-19(17)23/h3-6,16,18H,7-15H2,1-2H3,(H,24,29)/t18-,22-/m1/s1. The Kier molecular flexibility index (Phi) is 6.77. The van der Waals surface area contributed by atoms with Crippen LogP contribution in [-0.4, -0.2) is 97.6 Å². The maximum absolute atomic E-state index is 14.0. The Morgan fingerprint density at radius 3 is 2.58 bits per heavy atom. The van der Waals surface area contributed by atoms with Crippen LogP contribution >= 0.6 is 0 Å². The molecule has 3 aliphatic heterocycles. The van der Waals surface area contributed by atoms with Crippen molar-refractivity contribution in [2.24, 2.45) is 5.92 Å². The minimum Gasteiger partial charge on any atom is -0.361 e. The Morgan fingerprint density at radius 1 is 1.24 bits per heavy atom. The molecule has 2 atom stereocenters. The molecule has 33 heavy (non-hydrogen) atoms. The molecule has 3 fully saturated rings. The van der Waals surface area contributed by atoms with Gasteiger partial charge < -0.3 is 15.0 Å². The third-order valence-corrected chi connectivity index (χ3v) is 8.97. The van der Waals surface area contributed by atoms with Gasteiger partial charge in [0, 0.05) is 51.4 Å². The van der Waals surface area contributed by atoms with Gasteiger partial charge in [-0.1, -0.05) is 18.2 Å². The molecule has 182 valence electrons. The number of piperazine rings is 1. The summed E-state index contributed by atoms with van der Waals surface area (Å²) in [4.78, 5) is 30.2. The fraction of sp³-hybridized carbons (Fsp3) is 0.636. The summed E-state index contributed by atoms with van der Waals surface area (Å²) in [5.41, 5.74) is -0.907. The average molecular weight is 483 g/mol. The second-order valence-corrected chi connectivity index (χ2v) is 11.6. The number of benzene rings is 1. The molecule has 3 heterocycles. The van der Waals surface area contributed by atoms with Crippen molar-refractivity contribution in [1.82, 2.24) is 19.4 Å². The monoisotopic (exact) mass is 482 g/mol. The van der Waals surface area contributed by atoms with Gasteiger partial charge in [-0.05, 0) is 19.9 Å². The van der Waals surface area contributed by atoms with Gasteiger partial charge in [0.1, 0.15) is 5.82 Å². The number of carbonyl (C=O) groups is 2. The van der Waals surface area contributed by atoms with Gasteiger partial charge in [0.2, 0.25) is 15.9 Å². The SMILES string of the molecule is CC(C)S(=O)(=O)N1C[C@H](C(=O)N2CCN(Cc3ccccc3F)CC2)[C@@]2(C1)OCCNC2=O. The molecule has 11 heteroatoms. The number of halogens is 1. The lowest BCUT2D eigenvalue weighted by atomic mass is 9.87. The number of hydrogen-bond acceptors (Lipinski definition) is 6. The second-order valence-electron chi connectivity index (χ2n) is 9.13. The van der Waals surface area contributed by atoms with Gasteiger partial charge in [0.15, 0.2) is 5.60 Å². The van der Waals surface area contributed by atoms with Gasteiger partial charge in [-0.15, -0.1) is 0 Å². The highest BCUT2D eigenvalue weighted by Gasteiger charge is 2.60. The van der Waals surface area contributed by atoms with Crippen LogP contribution in [0, 0.1) is 11.7 Å². The Morgan fingerprint density at radius 2 is 1.94 bits per heavy atom. The quantitative estimate of drug-likeness (QED) is 0.636. The molecule has 9 nitrogen and oxygen atoms in total. The van der Waals surface area contributed by atoms with Gasteiger partial charge in [0.25, 0.3) is 5.91 Å². The molecule has 0 unspecified atom stereocenters. The molecule has 1 N–H and O–H groups in total. The minimum absolute atomic E-state index is 0.0811. The fourth-order valence-electron chi connectivity index (χ4n) is 4.76. The fourth-order valence-corrected chi connectivity index (χ4v) is 6.09. The van der Waals surface area contributed by atoms with E-state index in [2.05, 4.69) is 10.2 Å². The molecule has 3 saturated heterocycles. The number of morpholine rings is 1. The summed E-state index contributed by atoms with van der Waals surface area (Å²) in [5.74, 6) is -1.88. The Labute approximate surface area is 193 Å². The lowest BCUT2D eigenvalue weighted by molar-refractivity contribution is -0.167. The molecule has 4 rings (SSSR count). The van der Waals surface area contributed by atoms with E-state index in [0.29, 0.717) is 44.8 Å². The number of amides is 2. The van der Waals surface area contributed by atoms with Gasteiger partial charge in [0.05, 0.1) is 24.3 Å². The van der Waals surface area contributed by atoms with Crippen molar-refractivity contribution in [3.8, 4) is 0 Å². The molecule has 0 radical (unpaired) electrons. The lowest BCUT2D eigenvalue weighted by Gasteiger charge is -2.40. The van der Waals surface area contributed by atoms with Crippen LogP contribution in [0.15, 0.2) is 24.3 Å². The van der Waals surface area contributed by atoms with Crippen LogP contribution in [0.2, 0.25) is 0 Å². The number of rotatable bonds is 5. The number of carbonyl (C=O) groups excluding carboxylic acids is 2. The van der Waals surface area contributed by atoms with Crippen molar-refractivity contribution in [3.63, 3.8) is 0 Å². The predicted octanol–water partition coefficient (Wildman–Crippen LogP) is 0.0251. The van der Waals surface area contributed by atoms with Crippen LogP contribution in [-0.2, 0) is 30.9 Å². The lowest BCUT2D eigenvalue weighted by Crippen LogP contribution is -2.63.